The molecule has 0 aliphatic carbocycles. The SMILES string of the molecule is CC(C)c1nnsc1C(=O)Nc1cccc(Cl)n1. The zero-order chi connectivity index (χ0) is 13.1. The molecular formula is C11H11ClN4OS. The summed E-state index contributed by atoms with van der Waals surface area (Å²) < 4.78 is 3.81. The van der Waals surface area contributed by atoms with Crippen LogP contribution >= 0.6 is 23.1 Å². The standard InChI is InChI=1S/C11H11ClN4OS/c1-6(2)9-10(18-16-15-9)11(17)14-8-5-3-4-7(12)13-8/h3-6H,1-2H3,(H,13,14,17). The van der Waals surface area contributed by atoms with Crippen LogP contribution in [0.15, 0.2) is 18.2 Å². The van der Waals surface area contributed by atoms with Crippen LogP contribution in [0.25, 0.3) is 0 Å². The molecule has 0 atom stereocenters. The number of hydrogen-bond acceptors (Lipinski definition) is 5. The molecule has 2 heterocycles. The van der Waals surface area contributed by atoms with E-state index in [-0.39, 0.29) is 11.8 Å². The lowest BCUT2D eigenvalue weighted by Crippen LogP contribution is -2.14. The molecule has 0 saturated carbocycles. The van der Waals surface area contributed by atoms with E-state index in [0.717, 1.165) is 11.5 Å². The molecule has 7 heteroatoms. The molecule has 0 spiro atoms. The number of anilines is 1. The van der Waals surface area contributed by atoms with E-state index >= 15 is 0 Å². The minimum atomic E-state index is -0.261. The highest BCUT2D eigenvalue weighted by molar-refractivity contribution is 7.08. The smallest absolute Gasteiger partial charge is 0.270 e. The molecule has 2 aromatic rings. The van der Waals surface area contributed by atoms with Crippen LogP contribution in [-0.2, 0) is 0 Å². The van der Waals surface area contributed by atoms with E-state index in [1.54, 1.807) is 18.2 Å². The second-order valence-corrected chi connectivity index (χ2v) is 5.08. The number of rotatable bonds is 3. The first-order valence-corrected chi connectivity index (χ1v) is 6.49. The van der Waals surface area contributed by atoms with Gasteiger partial charge in [-0.15, -0.1) is 5.10 Å². The third kappa shape index (κ3) is 2.83. The number of carbonyl (C=O) groups excluding carboxylic acids is 1. The van der Waals surface area contributed by atoms with E-state index in [1.165, 1.54) is 0 Å². The summed E-state index contributed by atoms with van der Waals surface area (Å²) in [5, 5.41) is 6.97. The largest absolute Gasteiger partial charge is 0.306 e. The quantitative estimate of drug-likeness (QED) is 0.879. The van der Waals surface area contributed by atoms with Crippen LogP contribution in [0, 0.1) is 0 Å². The van der Waals surface area contributed by atoms with Gasteiger partial charge in [-0.2, -0.15) is 0 Å². The number of pyridine rings is 1. The molecule has 0 unspecified atom stereocenters. The highest BCUT2D eigenvalue weighted by Gasteiger charge is 2.18. The summed E-state index contributed by atoms with van der Waals surface area (Å²) in [5.41, 5.74) is 0.694. The Morgan fingerprint density at radius 3 is 2.89 bits per heavy atom. The lowest BCUT2D eigenvalue weighted by atomic mass is 10.1. The number of hydrogen-bond donors (Lipinski definition) is 1. The van der Waals surface area contributed by atoms with Crippen LogP contribution in [0.2, 0.25) is 5.15 Å². The van der Waals surface area contributed by atoms with E-state index in [4.69, 9.17) is 11.6 Å². The minimum Gasteiger partial charge on any atom is -0.306 e. The fourth-order valence-corrected chi connectivity index (χ4v) is 2.26. The van der Waals surface area contributed by atoms with Gasteiger partial charge in [0.2, 0.25) is 0 Å². The van der Waals surface area contributed by atoms with Crippen LogP contribution in [0.3, 0.4) is 0 Å². The number of carbonyl (C=O) groups is 1. The van der Waals surface area contributed by atoms with Crippen LogP contribution in [-0.4, -0.2) is 20.5 Å². The molecule has 0 radical (unpaired) electrons. The first-order chi connectivity index (χ1) is 8.58. The molecule has 18 heavy (non-hydrogen) atoms. The molecule has 0 aromatic carbocycles. The highest BCUT2D eigenvalue weighted by Crippen LogP contribution is 2.21. The number of halogens is 1. The van der Waals surface area contributed by atoms with Crippen LogP contribution in [0.5, 0.6) is 0 Å². The Labute approximate surface area is 113 Å². The van der Waals surface area contributed by atoms with Gasteiger partial charge in [-0.05, 0) is 29.6 Å². The minimum absolute atomic E-state index is 0.150. The normalized spacial score (nSPS) is 10.7. The van der Waals surface area contributed by atoms with Gasteiger partial charge in [-0.1, -0.05) is 36.0 Å². The molecule has 2 rings (SSSR count). The Bertz CT molecular complexity index is 570. The molecule has 2 aromatic heterocycles. The first-order valence-electron chi connectivity index (χ1n) is 5.34. The molecular weight excluding hydrogens is 272 g/mol. The summed E-state index contributed by atoms with van der Waals surface area (Å²) in [6, 6.07) is 5.04. The van der Waals surface area contributed by atoms with Crippen molar-refractivity contribution < 1.29 is 4.79 Å². The maximum Gasteiger partial charge on any atom is 0.270 e. The van der Waals surface area contributed by atoms with Crippen molar-refractivity contribution in [2.45, 2.75) is 19.8 Å². The van der Waals surface area contributed by atoms with Crippen molar-refractivity contribution in [3.8, 4) is 0 Å². The molecule has 1 N–H and O–H groups in total. The molecule has 1 amide bonds. The number of aromatic nitrogens is 3. The van der Waals surface area contributed by atoms with E-state index in [2.05, 4.69) is 19.9 Å². The summed E-state index contributed by atoms with van der Waals surface area (Å²) in [5.74, 6) is 0.302. The van der Waals surface area contributed by atoms with Crippen LogP contribution in [0.4, 0.5) is 5.82 Å². The molecule has 94 valence electrons. The molecule has 5 nitrogen and oxygen atoms in total. The van der Waals surface area contributed by atoms with Gasteiger partial charge in [0.1, 0.15) is 15.8 Å². The van der Waals surface area contributed by atoms with E-state index in [9.17, 15) is 4.79 Å². The second kappa shape index (κ2) is 5.41. The molecule has 0 bridgehead atoms. The molecule has 0 fully saturated rings. The van der Waals surface area contributed by atoms with Crippen molar-refractivity contribution >= 4 is 34.9 Å². The fraction of sp³-hybridized carbons (Fsp3) is 0.273. The van der Waals surface area contributed by atoms with Crippen molar-refractivity contribution in [1.29, 1.82) is 0 Å². The predicted octanol–water partition coefficient (Wildman–Crippen LogP) is 2.96. The first kappa shape index (κ1) is 12.9. The van der Waals surface area contributed by atoms with Crippen molar-refractivity contribution in [3.05, 3.63) is 33.9 Å². The summed E-state index contributed by atoms with van der Waals surface area (Å²) in [6.07, 6.45) is 0. The van der Waals surface area contributed by atoms with E-state index in [1.807, 2.05) is 13.8 Å². The number of nitrogens with one attached hydrogen (secondary N) is 1. The zero-order valence-corrected chi connectivity index (χ0v) is 11.4. The highest BCUT2D eigenvalue weighted by atomic mass is 35.5. The number of amides is 1. The average Bonchev–Trinajstić information content (AvgIpc) is 2.77. The van der Waals surface area contributed by atoms with Crippen molar-refractivity contribution in [1.82, 2.24) is 14.6 Å². The Morgan fingerprint density at radius 1 is 1.44 bits per heavy atom. The maximum atomic E-state index is 12.0. The Hall–Kier alpha value is -1.53. The number of nitrogens with zero attached hydrogens (tertiary/aromatic N) is 3. The van der Waals surface area contributed by atoms with E-state index < -0.39 is 0 Å². The van der Waals surface area contributed by atoms with Gasteiger partial charge >= 0.3 is 0 Å². The lowest BCUT2D eigenvalue weighted by molar-refractivity contribution is 0.102. The van der Waals surface area contributed by atoms with Gasteiger partial charge in [0, 0.05) is 0 Å². The van der Waals surface area contributed by atoms with Crippen molar-refractivity contribution in [3.63, 3.8) is 0 Å². The Balaban J connectivity index is 2.20. The third-order valence-corrected chi connectivity index (χ3v) is 3.17. The maximum absolute atomic E-state index is 12.0. The van der Waals surface area contributed by atoms with Gasteiger partial charge in [0.15, 0.2) is 0 Å². The molecule has 0 saturated heterocycles. The summed E-state index contributed by atoms with van der Waals surface area (Å²) >= 11 is 6.83. The second-order valence-electron chi connectivity index (χ2n) is 3.94. The van der Waals surface area contributed by atoms with Crippen molar-refractivity contribution in [2.75, 3.05) is 5.32 Å². The summed E-state index contributed by atoms with van der Waals surface area (Å²) in [6.45, 7) is 3.93. The van der Waals surface area contributed by atoms with Crippen molar-refractivity contribution in [2.24, 2.45) is 0 Å². The van der Waals surface area contributed by atoms with Crippen LogP contribution < -0.4 is 5.32 Å². The summed E-state index contributed by atoms with van der Waals surface area (Å²) in [7, 11) is 0. The Morgan fingerprint density at radius 2 is 2.22 bits per heavy atom. The van der Waals surface area contributed by atoms with Gasteiger partial charge in [-0.3, -0.25) is 4.79 Å². The third-order valence-electron chi connectivity index (χ3n) is 2.22. The average molecular weight is 283 g/mol. The molecule has 0 aliphatic heterocycles. The summed E-state index contributed by atoms with van der Waals surface area (Å²) in [4.78, 5) is 16.5. The Kier molecular flexibility index (Phi) is 3.88. The van der Waals surface area contributed by atoms with Gasteiger partial charge in [0.05, 0.1) is 5.69 Å². The monoisotopic (exact) mass is 282 g/mol. The predicted molar refractivity (Wildman–Crippen MR) is 71.2 cm³/mol. The van der Waals surface area contributed by atoms with Gasteiger partial charge in [0.25, 0.3) is 5.91 Å². The lowest BCUT2D eigenvalue weighted by Gasteiger charge is -2.05. The van der Waals surface area contributed by atoms with Gasteiger partial charge in [-0.25, -0.2) is 4.98 Å². The van der Waals surface area contributed by atoms with Gasteiger partial charge < -0.3 is 5.32 Å². The van der Waals surface area contributed by atoms with Crippen LogP contribution in [0.1, 0.15) is 35.1 Å². The van der Waals surface area contributed by atoms with E-state index in [0.29, 0.717) is 21.5 Å². The zero-order valence-electron chi connectivity index (χ0n) is 9.85. The fourth-order valence-electron chi connectivity index (χ4n) is 1.38. The topological polar surface area (TPSA) is 67.8 Å². The molecule has 0 aliphatic rings.